The number of hydrogen-bond donors (Lipinski definition) is 2. The molecule has 2 heterocycles. The summed E-state index contributed by atoms with van der Waals surface area (Å²) in [6, 6.07) is 12.3. The van der Waals surface area contributed by atoms with E-state index in [1.54, 1.807) is 0 Å². The molecule has 1 saturated carbocycles. The van der Waals surface area contributed by atoms with E-state index in [1.165, 1.54) is 63.8 Å². The number of piperidine rings is 1. The summed E-state index contributed by atoms with van der Waals surface area (Å²) in [6.07, 6.45) is 6.90. The molecule has 2 aliphatic heterocycles. The van der Waals surface area contributed by atoms with Gasteiger partial charge in [-0.05, 0) is 63.1 Å². The Bertz CT molecular complexity index is 530. The zero-order chi connectivity index (χ0) is 17.1. The van der Waals surface area contributed by atoms with Crippen LogP contribution in [0.1, 0.15) is 37.7 Å². The SMILES string of the molecule is CN(CC1CCCN(Cc2ccccc2)C1)CC1CC(C2CC2)NN1. The minimum atomic E-state index is 0.625. The van der Waals surface area contributed by atoms with E-state index in [0.29, 0.717) is 6.04 Å². The van der Waals surface area contributed by atoms with Crippen molar-refractivity contribution in [3.05, 3.63) is 35.9 Å². The predicted octanol–water partition coefficient (Wildman–Crippen LogP) is 2.48. The van der Waals surface area contributed by atoms with Crippen molar-refractivity contribution >= 4 is 0 Å². The number of hydrazine groups is 1. The first-order valence-corrected chi connectivity index (χ1v) is 10.2. The minimum absolute atomic E-state index is 0.625. The van der Waals surface area contributed by atoms with Crippen molar-refractivity contribution in [1.29, 1.82) is 0 Å². The number of nitrogens with zero attached hydrogens (tertiary/aromatic N) is 2. The normalized spacial score (nSPS) is 30.9. The highest BCUT2D eigenvalue weighted by Gasteiger charge is 2.36. The molecule has 4 heteroatoms. The first-order chi connectivity index (χ1) is 12.3. The van der Waals surface area contributed by atoms with Crippen LogP contribution in [-0.2, 0) is 6.54 Å². The van der Waals surface area contributed by atoms with Gasteiger partial charge in [-0.1, -0.05) is 30.3 Å². The number of benzene rings is 1. The molecule has 4 rings (SSSR count). The van der Waals surface area contributed by atoms with Crippen LogP contribution in [0.4, 0.5) is 0 Å². The molecule has 1 aromatic rings. The molecule has 0 radical (unpaired) electrons. The van der Waals surface area contributed by atoms with E-state index in [0.717, 1.165) is 24.4 Å². The van der Waals surface area contributed by atoms with Crippen molar-refractivity contribution in [2.24, 2.45) is 11.8 Å². The Labute approximate surface area is 152 Å². The topological polar surface area (TPSA) is 30.5 Å². The number of rotatable bonds is 7. The number of nitrogens with one attached hydrogen (secondary N) is 2. The third kappa shape index (κ3) is 5.04. The highest BCUT2D eigenvalue weighted by Crippen LogP contribution is 2.35. The highest BCUT2D eigenvalue weighted by atomic mass is 15.4. The smallest absolute Gasteiger partial charge is 0.0355 e. The van der Waals surface area contributed by atoms with Crippen molar-refractivity contribution in [3.8, 4) is 0 Å². The van der Waals surface area contributed by atoms with Gasteiger partial charge in [0, 0.05) is 38.3 Å². The highest BCUT2D eigenvalue weighted by molar-refractivity contribution is 5.14. The predicted molar refractivity (Wildman–Crippen MR) is 103 cm³/mol. The Morgan fingerprint density at radius 1 is 1.08 bits per heavy atom. The van der Waals surface area contributed by atoms with Crippen LogP contribution < -0.4 is 10.9 Å². The van der Waals surface area contributed by atoms with E-state index in [9.17, 15) is 0 Å². The van der Waals surface area contributed by atoms with Crippen molar-refractivity contribution in [2.75, 3.05) is 33.2 Å². The number of likely N-dealkylation sites (tertiary alicyclic amines) is 1. The first kappa shape index (κ1) is 17.5. The molecular weight excluding hydrogens is 308 g/mol. The summed E-state index contributed by atoms with van der Waals surface area (Å²) in [7, 11) is 2.31. The molecule has 2 saturated heterocycles. The summed E-state index contributed by atoms with van der Waals surface area (Å²) in [5, 5.41) is 0. The lowest BCUT2D eigenvalue weighted by atomic mass is 9.96. The molecule has 0 aromatic heterocycles. The number of hydrogen-bond acceptors (Lipinski definition) is 4. The van der Waals surface area contributed by atoms with Gasteiger partial charge in [-0.3, -0.25) is 15.8 Å². The molecule has 4 nitrogen and oxygen atoms in total. The summed E-state index contributed by atoms with van der Waals surface area (Å²) >= 11 is 0. The zero-order valence-corrected chi connectivity index (χ0v) is 15.7. The first-order valence-electron chi connectivity index (χ1n) is 10.2. The van der Waals surface area contributed by atoms with Crippen LogP contribution in [0.15, 0.2) is 30.3 Å². The van der Waals surface area contributed by atoms with Gasteiger partial charge in [-0.2, -0.15) is 0 Å². The minimum Gasteiger partial charge on any atom is -0.304 e. The van der Waals surface area contributed by atoms with E-state index >= 15 is 0 Å². The molecule has 2 N–H and O–H groups in total. The van der Waals surface area contributed by atoms with Gasteiger partial charge >= 0.3 is 0 Å². The van der Waals surface area contributed by atoms with Crippen LogP contribution in [0.25, 0.3) is 0 Å². The summed E-state index contributed by atoms with van der Waals surface area (Å²) in [6.45, 7) is 6.02. The van der Waals surface area contributed by atoms with E-state index in [2.05, 4.69) is 58.0 Å². The average molecular weight is 343 g/mol. The molecule has 3 unspecified atom stereocenters. The van der Waals surface area contributed by atoms with Crippen molar-refractivity contribution in [1.82, 2.24) is 20.7 Å². The maximum Gasteiger partial charge on any atom is 0.0355 e. The van der Waals surface area contributed by atoms with Gasteiger partial charge in [0.1, 0.15) is 0 Å². The van der Waals surface area contributed by atoms with Gasteiger partial charge in [0.15, 0.2) is 0 Å². The van der Waals surface area contributed by atoms with Crippen LogP contribution in [0.3, 0.4) is 0 Å². The molecule has 0 bridgehead atoms. The molecule has 0 amide bonds. The van der Waals surface area contributed by atoms with Crippen LogP contribution in [0.2, 0.25) is 0 Å². The molecule has 138 valence electrons. The molecule has 0 spiro atoms. The van der Waals surface area contributed by atoms with Crippen molar-refractivity contribution in [3.63, 3.8) is 0 Å². The Morgan fingerprint density at radius 2 is 1.92 bits per heavy atom. The van der Waals surface area contributed by atoms with Crippen LogP contribution in [-0.4, -0.2) is 55.1 Å². The fourth-order valence-electron chi connectivity index (χ4n) is 4.76. The molecular formula is C21H34N4. The molecule has 1 aromatic carbocycles. The Kier molecular flexibility index (Phi) is 5.71. The zero-order valence-electron chi connectivity index (χ0n) is 15.7. The average Bonchev–Trinajstić information content (AvgIpc) is 3.36. The molecule has 3 atom stereocenters. The van der Waals surface area contributed by atoms with Gasteiger partial charge in [0.25, 0.3) is 0 Å². The van der Waals surface area contributed by atoms with E-state index in [4.69, 9.17) is 0 Å². The molecule has 1 aliphatic carbocycles. The lowest BCUT2D eigenvalue weighted by molar-refractivity contribution is 0.134. The summed E-state index contributed by atoms with van der Waals surface area (Å²) in [4.78, 5) is 5.21. The Hall–Kier alpha value is -0.940. The fourth-order valence-corrected chi connectivity index (χ4v) is 4.76. The fraction of sp³-hybridized carbons (Fsp3) is 0.714. The largest absolute Gasteiger partial charge is 0.304 e. The monoisotopic (exact) mass is 342 g/mol. The third-order valence-electron chi connectivity index (χ3n) is 6.16. The van der Waals surface area contributed by atoms with Gasteiger partial charge in [0.2, 0.25) is 0 Å². The second-order valence-corrected chi connectivity index (χ2v) is 8.62. The Morgan fingerprint density at radius 3 is 2.72 bits per heavy atom. The standard InChI is InChI=1S/C21H34N4/c1-24(16-20-12-21(23-22-20)19-9-10-19)13-18-8-5-11-25(15-18)14-17-6-3-2-4-7-17/h2-4,6-7,18-23H,5,8-16H2,1H3. The quantitative estimate of drug-likeness (QED) is 0.797. The van der Waals surface area contributed by atoms with Crippen molar-refractivity contribution in [2.45, 2.75) is 50.7 Å². The maximum atomic E-state index is 3.54. The van der Waals surface area contributed by atoms with E-state index < -0.39 is 0 Å². The summed E-state index contributed by atoms with van der Waals surface area (Å²) in [5.74, 6) is 1.77. The second kappa shape index (κ2) is 8.17. The molecule has 3 aliphatic rings. The maximum absolute atomic E-state index is 3.54. The number of likely N-dealkylation sites (N-methyl/N-ethyl adjacent to an activating group) is 1. The van der Waals surface area contributed by atoms with Crippen LogP contribution in [0.5, 0.6) is 0 Å². The van der Waals surface area contributed by atoms with E-state index in [1.807, 2.05) is 0 Å². The van der Waals surface area contributed by atoms with E-state index in [-0.39, 0.29) is 0 Å². The summed E-state index contributed by atoms with van der Waals surface area (Å²) < 4.78 is 0. The second-order valence-electron chi connectivity index (χ2n) is 8.62. The lowest BCUT2D eigenvalue weighted by Gasteiger charge is -2.35. The van der Waals surface area contributed by atoms with Gasteiger partial charge < -0.3 is 4.90 Å². The van der Waals surface area contributed by atoms with Gasteiger partial charge in [-0.15, -0.1) is 0 Å². The Balaban J connectivity index is 1.20. The molecule has 3 fully saturated rings. The van der Waals surface area contributed by atoms with Crippen LogP contribution >= 0.6 is 0 Å². The van der Waals surface area contributed by atoms with Gasteiger partial charge in [-0.25, -0.2) is 0 Å². The summed E-state index contributed by atoms with van der Waals surface area (Å²) in [5.41, 5.74) is 8.51. The third-order valence-corrected chi connectivity index (χ3v) is 6.16. The molecule has 25 heavy (non-hydrogen) atoms. The van der Waals surface area contributed by atoms with Crippen molar-refractivity contribution < 1.29 is 0 Å². The van der Waals surface area contributed by atoms with Crippen LogP contribution in [0, 0.1) is 11.8 Å². The lowest BCUT2D eigenvalue weighted by Crippen LogP contribution is -2.44. The van der Waals surface area contributed by atoms with Gasteiger partial charge in [0.05, 0.1) is 0 Å².